The molecule has 0 aliphatic rings. The Morgan fingerprint density at radius 3 is 2.50 bits per heavy atom. The molecule has 0 saturated carbocycles. The summed E-state index contributed by atoms with van der Waals surface area (Å²) in [5, 5.41) is 13.5. The van der Waals surface area contributed by atoms with E-state index in [9.17, 15) is 9.90 Å². The Labute approximate surface area is 83.8 Å². The molecule has 1 amide bonds. The molecule has 0 bridgehead atoms. The number of amides is 1. The van der Waals surface area contributed by atoms with Gasteiger partial charge in [-0.25, -0.2) is 0 Å². The highest BCUT2D eigenvalue weighted by Gasteiger charge is 1.95. The highest BCUT2D eigenvalue weighted by molar-refractivity contribution is 5.72. The molecule has 14 heavy (non-hydrogen) atoms. The summed E-state index contributed by atoms with van der Waals surface area (Å²) in [5.41, 5.74) is 1.13. The average molecular weight is 192 g/mol. The van der Waals surface area contributed by atoms with Crippen molar-refractivity contribution in [2.75, 3.05) is 6.54 Å². The maximum atomic E-state index is 10.8. The van der Waals surface area contributed by atoms with Gasteiger partial charge in [0.25, 0.3) is 0 Å². The minimum absolute atomic E-state index is 0.0000869. The minimum atomic E-state index is -0.0000869. The van der Waals surface area contributed by atoms with Crippen LogP contribution in [0.2, 0.25) is 0 Å². The highest BCUT2D eigenvalue weighted by Crippen LogP contribution is 2.11. The Bertz CT molecular complexity index is 293. The van der Waals surface area contributed by atoms with Crippen molar-refractivity contribution in [3.05, 3.63) is 29.8 Å². The van der Waals surface area contributed by atoms with Gasteiger partial charge in [-0.1, -0.05) is 12.1 Å². The molecule has 1 N–H and O–H groups in total. The first kappa shape index (κ1) is 10.6. The van der Waals surface area contributed by atoms with Gasteiger partial charge in [0, 0.05) is 13.5 Å². The zero-order valence-corrected chi connectivity index (χ0v) is 8.25. The van der Waals surface area contributed by atoms with Gasteiger partial charge in [-0.2, -0.15) is 0 Å². The molecule has 0 heterocycles. The van der Waals surface area contributed by atoms with Gasteiger partial charge in [-0.3, -0.25) is 9.90 Å². The summed E-state index contributed by atoms with van der Waals surface area (Å²) >= 11 is 0. The van der Waals surface area contributed by atoms with E-state index in [-0.39, 0.29) is 11.7 Å². The topological polar surface area (TPSA) is 49.0 Å². The van der Waals surface area contributed by atoms with E-state index in [0.717, 1.165) is 18.4 Å². The molecule has 0 aliphatic carbocycles. The SMILES string of the molecule is CC(=O)NCCCc1ccc([O])cc1. The molecular weight excluding hydrogens is 178 g/mol. The third kappa shape index (κ3) is 3.94. The molecule has 3 nitrogen and oxygen atoms in total. The van der Waals surface area contributed by atoms with Crippen LogP contribution >= 0.6 is 0 Å². The zero-order chi connectivity index (χ0) is 10.4. The smallest absolute Gasteiger partial charge is 0.216 e. The Balaban J connectivity index is 2.25. The molecule has 0 unspecified atom stereocenters. The van der Waals surface area contributed by atoms with Crippen LogP contribution in [-0.2, 0) is 16.3 Å². The first-order valence-electron chi connectivity index (χ1n) is 4.69. The van der Waals surface area contributed by atoms with Gasteiger partial charge in [0.05, 0.1) is 0 Å². The van der Waals surface area contributed by atoms with Crippen molar-refractivity contribution in [2.24, 2.45) is 0 Å². The second-order valence-electron chi connectivity index (χ2n) is 3.23. The Kier molecular flexibility index (Phi) is 3.98. The summed E-state index contributed by atoms with van der Waals surface area (Å²) in [4.78, 5) is 10.5. The van der Waals surface area contributed by atoms with E-state index in [2.05, 4.69) is 5.32 Å². The van der Waals surface area contributed by atoms with E-state index in [0.29, 0.717) is 6.54 Å². The fourth-order valence-corrected chi connectivity index (χ4v) is 1.21. The van der Waals surface area contributed by atoms with Crippen LogP contribution in [0.1, 0.15) is 18.9 Å². The molecule has 1 aromatic carbocycles. The van der Waals surface area contributed by atoms with Crippen LogP contribution < -0.4 is 5.32 Å². The summed E-state index contributed by atoms with van der Waals surface area (Å²) in [6.07, 6.45) is 1.79. The number of carbonyl (C=O) groups excluding carboxylic acids is 1. The lowest BCUT2D eigenvalue weighted by atomic mass is 10.1. The second-order valence-corrected chi connectivity index (χ2v) is 3.23. The van der Waals surface area contributed by atoms with Crippen LogP contribution in [0.5, 0.6) is 5.75 Å². The van der Waals surface area contributed by atoms with Gasteiger partial charge in [0.15, 0.2) is 5.75 Å². The molecule has 1 rings (SSSR count). The van der Waals surface area contributed by atoms with Crippen LogP contribution in [0.15, 0.2) is 24.3 Å². The number of carbonyl (C=O) groups is 1. The van der Waals surface area contributed by atoms with Crippen LogP contribution in [0.25, 0.3) is 0 Å². The van der Waals surface area contributed by atoms with Crippen LogP contribution in [0.3, 0.4) is 0 Å². The third-order valence-electron chi connectivity index (χ3n) is 1.94. The van der Waals surface area contributed by atoms with E-state index in [1.54, 1.807) is 12.1 Å². The Hall–Kier alpha value is -1.51. The maximum Gasteiger partial charge on any atom is 0.216 e. The normalized spacial score (nSPS) is 9.79. The van der Waals surface area contributed by atoms with Crippen molar-refractivity contribution in [3.63, 3.8) is 0 Å². The number of rotatable bonds is 4. The summed E-state index contributed by atoms with van der Waals surface area (Å²) in [6.45, 7) is 2.20. The molecule has 1 radical (unpaired) electrons. The molecule has 0 spiro atoms. The summed E-state index contributed by atoms with van der Waals surface area (Å²) in [5.74, 6) is 0.0375. The first-order chi connectivity index (χ1) is 6.68. The van der Waals surface area contributed by atoms with E-state index >= 15 is 0 Å². The fourth-order valence-electron chi connectivity index (χ4n) is 1.21. The quantitative estimate of drug-likeness (QED) is 0.728. The predicted molar refractivity (Wildman–Crippen MR) is 53.6 cm³/mol. The molecule has 75 valence electrons. The van der Waals surface area contributed by atoms with E-state index in [4.69, 9.17) is 0 Å². The van der Waals surface area contributed by atoms with Gasteiger partial charge in [-0.15, -0.1) is 0 Å². The molecule has 3 heteroatoms. The molecular formula is C11H14NO2. The fraction of sp³-hybridized carbons (Fsp3) is 0.364. The molecule has 0 aliphatic heterocycles. The van der Waals surface area contributed by atoms with Crippen LogP contribution in [0, 0.1) is 0 Å². The van der Waals surface area contributed by atoms with Gasteiger partial charge in [-0.05, 0) is 30.5 Å². The molecule has 1 aromatic rings. The predicted octanol–water partition coefficient (Wildman–Crippen LogP) is 1.90. The first-order valence-corrected chi connectivity index (χ1v) is 4.69. The van der Waals surface area contributed by atoms with Gasteiger partial charge in [0.2, 0.25) is 5.91 Å². The monoisotopic (exact) mass is 192 g/mol. The molecule has 0 aromatic heterocycles. The molecule has 0 saturated heterocycles. The van der Waals surface area contributed by atoms with Crippen molar-refractivity contribution >= 4 is 5.91 Å². The summed E-state index contributed by atoms with van der Waals surface area (Å²) in [6, 6.07) is 6.79. The van der Waals surface area contributed by atoms with E-state index < -0.39 is 0 Å². The number of benzene rings is 1. The van der Waals surface area contributed by atoms with E-state index in [1.165, 1.54) is 6.92 Å². The minimum Gasteiger partial charge on any atom is -0.356 e. The molecule has 0 fully saturated rings. The van der Waals surface area contributed by atoms with Crippen molar-refractivity contribution in [1.82, 2.24) is 5.32 Å². The highest BCUT2D eigenvalue weighted by atomic mass is 16.3. The maximum absolute atomic E-state index is 10.8. The van der Waals surface area contributed by atoms with Crippen molar-refractivity contribution in [1.29, 1.82) is 0 Å². The second kappa shape index (κ2) is 5.27. The van der Waals surface area contributed by atoms with Gasteiger partial charge in [0.1, 0.15) is 0 Å². The van der Waals surface area contributed by atoms with Gasteiger partial charge >= 0.3 is 0 Å². The van der Waals surface area contributed by atoms with Crippen molar-refractivity contribution in [2.45, 2.75) is 19.8 Å². The average Bonchev–Trinajstić information content (AvgIpc) is 2.15. The van der Waals surface area contributed by atoms with Gasteiger partial charge < -0.3 is 5.32 Å². The number of aryl methyl sites for hydroxylation is 1. The lowest BCUT2D eigenvalue weighted by molar-refractivity contribution is -0.118. The van der Waals surface area contributed by atoms with Crippen LogP contribution in [-0.4, -0.2) is 12.5 Å². The van der Waals surface area contributed by atoms with Crippen molar-refractivity contribution < 1.29 is 9.90 Å². The Morgan fingerprint density at radius 2 is 1.93 bits per heavy atom. The third-order valence-corrected chi connectivity index (χ3v) is 1.94. The number of hydrogen-bond donors (Lipinski definition) is 1. The molecule has 0 atom stereocenters. The number of hydrogen-bond acceptors (Lipinski definition) is 1. The standard InChI is InChI=1S/C11H14NO2/c1-9(13)12-8-2-3-10-4-6-11(14)7-5-10/h4-7H,2-3,8H2,1H3,(H,12,13). The van der Waals surface area contributed by atoms with Crippen LogP contribution in [0.4, 0.5) is 0 Å². The van der Waals surface area contributed by atoms with E-state index in [1.807, 2.05) is 12.1 Å². The zero-order valence-electron chi connectivity index (χ0n) is 8.25. The summed E-state index contributed by atoms with van der Waals surface area (Å²) in [7, 11) is 0. The largest absolute Gasteiger partial charge is 0.356 e. The summed E-state index contributed by atoms with van der Waals surface area (Å²) < 4.78 is 0. The number of nitrogens with one attached hydrogen (secondary N) is 1. The lowest BCUT2D eigenvalue weighted by Crippen LogP contribution is -2.21. The lowest BCUT2D eigenvalue weighted by Gasteiger charge is -2.02. The Morgan fingerprint density at radius 1 is 1.29 bits per heavy atom. The van der Waals surface area contributed by atoms with Crippen molar-refractivity contribution in [3.8, 4) is 5.75 Å².